The van der Waals surface area contributed by atoms with E-state index in [0.29, 0.717) is 19.4 Å². The summed E-state index contributed by atoms with van der Waals surface area (Å²) >= 11 is 0. The summed E-state index contributed by atoms with van der Waals surface area (Å²) in [5.74, 6) is -1.65. The Kier molecular flexibility index (Phi) is 6.51. The molecule has 0 bridgehead atoms. The first-order valence-corrected chi connectivity index (χ1v) is 6.19. The van der Waals surface area contributed by atoms with Crippen LogP contribution in [-0.2, 0) is 14.3 Å². The van der Waals surface area contributed by atoms with Crippen LogP contribution < -0.4 is 5.32 Å². The molecule has 0 aliphatic rings. The van der Waals surface area contributed by atoms with Gasteiger partial charge in [-0.3, -0.25) is 0 Å². The van der Waals surface area contributed by atoms with Gasteiger partial charge in [-0.2, -0.15) is 4.98 Å². The lowest BCUT2D eigenvalue weighted by Crippen LogP contribution is -2.29. The highest BCUT2D eigenvalue weighted by Gasteiger charge is 2.20. The van der Waals surface area contributed by atoms with Crippen LogP contribution in [0.4, 0.5) is 6.01 Å². The largest absolute Gasteiger partial charge is 0.480 e. The number of carboxylic acid groups (broad SMARTS) is 1. The van der Waals surface area contributed by atoms with Gasteiger partial charge >= 0.3 is 11.9 Å². The van der Waals surface area contributed by atoms with E-state index in [0.717, 1.165) is 6.26 Å². The fourth-order valence-corrected chi connectivity index (χ4v) is 1.48. The molecule has 8 heteroatoms. The van der Waals surface area contributed by atoms with Crippen LogP contribution in [0, 0.1) is 0 Å². The molecule has 0 aliphatic heterocycles. The van der Waals surface area contributed by atoms with Crippen molar-refractivity contribution in [2.45, 2.75) is 25.8 Å². The standard InChI is InChI=1S/C12H18N2O6/c1-3-19-11(17)9-7-20-12(14-9)13-8(10(15)16)5-4-6-18-2/h7-8H,3-6H2,1-2H3,(H,13,14)(H,15,16). The van der Waals surface area contributed by atoms with Crippen molar-refractivity contribution >= 4 is 18.0 Å². The minimum atomic E-state index is -1.03. The number of methoxy groups -OCH3 is 1. The Morgan fingerprint density at radius 3 is 2.90 bits per heavy atom. The Morgan fingerprint density at radius 1 is 1.55 bits per heavy atom. The molecule has 0 fully saturated rings. The number of hydrogen-bond acceptors (Lipinski definition) is 7. The van der Waals surface area contributed by atoms with Crippen molar-refractivity contribution in [3.63, 3.8) is 0 Å². The number of nitrogens with zero attached hydrogens (tertiary/aromatic N) is 1. The number of aliphatic carboxylic acids is 1. The third kappa shape index (κ3) is 4.88. The smallest absolute Gasteiger partial charge is 0.360 e. The van der Waals surface area contributed by atoms with E-state index in [9.17, 15) is 9.59 Å². The number of oxazole rings is 1. The maximum absolute atomic E-state index is 11.4. The third-order valence-electron chi connectivity index (χ3n) is 2.43. The predicted octanol–water partition coefficient (Wildman–Crippen LogP) is 1.14. The Morgan fingerprint density at radius 2 is 2.30 bits per heavy atom. The van der Waals surface area contributed by atoms with Crippen LogP contribution in [0.2, 0.25) is 0 Å². The molecule has 1 aromatic rings. The quantitative estimate of drug-likeness (QED) is 0.513. The van der Waals surface area contributed by atoms with E-state index in [1.165, 1.54) is 0 Å². The number of ether oxygens (including phenoxy) is 2. The molecule has 8 nitrogen and oxygen atoms in total. The van der Waals surface area contributed by atoms with Crippen molar-refractivity contribution in [1.82, 2.24) is 4.98 Å². The summed E-state index contributed by atoms with van der Waals surface area (Å²) in [6.45, 7) is 2.36. The van der Waals surface area contributed by atoms with E-state index in [1.807, 2.05) is 0 Å². The first-order chi connectivity index (χ1) is 9.58. The maximum atomic E-state index is 11.4. The fraction of sp³-hybridized carbons (Fsp3) is 0.583. The first-order valence-electron chi connectivity index (χ1n) is 6.19. The highest BCUT2D eigenvalue weighted by Crippen LogP contribution is 2.12. The van der Waals surface area contributed by atoms with Crippen LogP contribution >= 0.6 is 0 Å². The number of rotatable bonds is 9. The Hall–Kier alpha value is -2.09. The average molecular weight is 286 g/mol. The average Bonchev–Trinajstić information content (AvgIpc) is 2.86. The van der Waals surface area contributed by atoms with E-state index in [-0.39, 0.29) is 18.3 Å². The van der Waals surface area contributed by atoms with Gasteiger partial charge in [-0.1, -0.05) is 0 Å². The fourth-order valence-electron chi connectivity index (χ4n) is 1.48. The van der Waals surface area contributed by atoms with Crippen LogP contribution in [0.25, 0.3) is 0 Å². The van der Waals surface area contributed by atoms with Crippen LogP contribution in [0.1, 0.15) is 30.3 Å². The molecule has 1 atom stereocenters. The lowest BCUT2D eigenvalue weighted by atomic mass is 10.1. The van der Waals surface area contributed by atoms with E-state index in [4.69, 9.17) is 19.0 Å². The Balaban J connectivity index is 2.60. The van der Waals surface area contributed by atoms with Gasteiger partial charge in [0.05, 0.1) is 6.61 Å². The van der Waals surface area contributed by atoms with Gasteiger partial charge in [0, 0.05) is 13.7 Å². The molecule has 0 radical (unpaired) electrons. The molecule has 1 rings (SSSR count). The summed E-state index contributed by atoms with van der Waals surface area (Å²) in [7, 11) is 1.54. The van der Waals surface area contributed by atoms with Gasteiger partial charge in [0.1, 0.15) is 12.3 Å². The number of carbonyl (C=O) groups is 2. The number of carbonyl (C=O) groups excluding carboxylic acids is 1. The van der Waals surface area contributed by atoms with Gasteiger partial charge in [0.25, 0.3) is 6.01 Å². The molecule has 112 valence electrons. The first kappa shape index (κ1) is 16.0. The lowest BCUT2D eigenvalue weighted by molar-refractivity contribution is -0.138. The molecule has 1 unspecified atom stereocenters. The summed E-state index contributed by atoms with van der Waals surface area (Å²) in [4.78, 5) is 26.3. The van der Waals surface area contributed by atoms with Crippen molar-refractivity contribution in [2.75, 3.05) is 25.6 Å². The SMILES string of the molecule is CCOC(=O)c1coc(NC(CCCOC)C(=O)O)n1. The predicted molar refractivity (Wildman–Crippen MR) is 68.6 cm³/mol. The van der Waals surface area contributed by atoms with Gasteiger partial charge in [-0.15, -0.1) is 0 Å². The monoisotopic (exact) mass is 286 g/mol. The van der Waals surface area contributed by atoms with Gasteiger partial charge in [-0.25, -0.2) is 9.59 Å². The third-order valence-corrected chi connectivity index (χ3v) is 2.43. The summed E-state index contributed by atoms with van der Waals surface area (Å²) in [6, 6.07) is -0.892. The normalized spacial score (nSPS) is 11.9. The topological polar surface area (TPSA) is 111 Å². The molecule has 1 aromatic heterocycles. The zero-order valence-electron chi connectivity index (χ0n) is 11.4. The highest BCUT2D eigenvalue weighted by atomic mass is 16.5. The Labute approximate surface area is 116 Å². The molecule has 0 saturated heterocycles. The molecule has 0 aliphatic carbocycles. The number of esters is 1. The molecule has 0 aromatic carbocycles. The van der Waals surface area contributed by atoms with E-state index >= 15 is 0 Å². The molecule has 0 spiro atoms. The second kappa shape index (κ2) is 8.16. The maximum Gasteiger partial charge on any atom is 0.360 e. The van der Waals surface area contributed by atoms with Crippen molar-refractivity contribution in [3.05, 3.63) is 12.0 Å². The molecule has 0 amide bonds. The van der Waals surface area contributed by atoms with E-state index in [2.05, 4.69) is 10.3 Å². The second-order valence-corrected chi connectivity index (χ2v) is 3.93. The van der Waals surface area contributed by atoms with Gasteiger partial charge < -0.3 is 24.3 Å². The summed E-state index contributed by atoms with van der Waals surface area (Å²) in [6.07, 6.45) is 2.04. The zero-order valence-corrected chi connectivity index (χ0v) is 11.4. The highest BCUT2D eigenvalue weighted by molar-refractivity contribution is 5.87. The van der Waals surface area contributed by atoms with Crippen LogP contribution in [0.3, 0.4) is 0 Å². The van der Waals surface area contributed by atoms with Crippen LogP contribution in [-0.4, -0.2) is 48.4 Å². The van der Waals surface area contributed by atoms with Crippen molar-refractivity contribution < 1.29 is 28.6 Å². The summed E-state index contributed by atoms with van der Waals surface area (Å²) < 4.78 is 14.6. The van der Waals surface area contributed by atoms with E-state index in [1.54, 1.807) is 14.0 Å². The molecule has 2 N–H and O–H groups in total. The Bertz CT molecular complexity index is 445. The summed E-state index contributed by atoms with van der Waals surface area (Å²) in [5.41, 5.74) is -0.00428. The molecular weight excluding hydrogens is 268 g/mol. The van der Waals surface area contributed by atoms with Gasteiger partial charge in [-0.05, 0) is 19.8 Å². The molecule has 1 heterocycles. The van der Waals surface area contributed by atoms with E-state index < -0.39 is 18.0 Å². The van der Waals surface area contributed by atoms with Crippen LogP contribution in [0.5, 0.6) is 0 Å². The van der Waals surface area contributed by atoms with Crippen molar-refractivity contribution in [2.24, 2.45) is 0 Å². The van der Waals surface area contributed by atoms with Crippen LogP contribution in [0.15, 0.2) is 10.7 Å². The minimum Gasteiger partial charge on any atom is -0.480 e. The number of anilines is 1. The van der Waals surface area contributed by atoms with Crippen molar-refractivity contribution in [1.29, 1.82) is 0 Å². The number of carboxylic acids is 1. The number of nitrogens with one attached hydrogen (secondary N) is 1. The zero-order chi connectivity index (χ0) is 15.0. The molecular formula is C12H18N2O6. The summed E-state index contributed by atoms with van der Waals surface area (Å²) in [5, 5.41) is 11.7. The molecule has 0 saturated carbocycles. The molecule has 20 heavy (non-hydrogen) atoms. The van der Waals surface area contributed by atoms with Gasteiger partial charge in [0.15, 0.2) is 5.69 Å². The number of hydrogen-bond donors (Lipinski definition) is 2. The lowest BCUT2D eigenvalue weighted by Gasteiger charge is -2.12. The second-order valence-electron chi connectivity index (χ2n) is 3.93. The van der Waals surface area contributed by atoms with Crippen molar-refractivity contribution in [3.8, 4) is 0 Å². The van der Waals surface area contributed by atoms with Gasteiger partial charge in [0.2, 0.25) is 0 Å². The number of aromatic nitrogens is 1. The minimum absolute atomic E-state index is 0.00428.